The lowest BCUT2D eigenvalue weighted by Crippen LogP contribution is -2.58. The Bertz CT molecular complexity index is 614. The minimum atomic E-state index is -0.542. The summed E-state index contributed by atoms with van der Waals surface area (Å²) in [6.45, 7) is 5.13. The lowest BCUT2D eigenvalue weighted by atomic mass is 9.72. The molecule has 9 heteroatoms. The molecule has 1 spiro atoms. The number of hydrogen-bond acceptors (Lipinski definition) is 6. The highest BCUT2D eigenvalue weighted by Crippen LogP contribution is 2.45. The van der Waals surface area contributed by atoms with Gasteiger partial charge in [-0.1, -0.05) is 6.92 Å². The van der Waals surface area contributed by atoms with E-state index in [9.17, 15) is 14.0 Å². The molecule has 3 aliphatic rings. The van der Waals surface area contributed by atoms with Gasteiger partial charge in [-0.15, -0.1) is 0 Å². The average Bonchev–Trinajstić information content (AvgIpc) is 3.18. The standard InChI is InChI=1S/C22H39FN4O4/c1-4-9-27(21(29)24-8-11-25(2)3)20(28)18-14-17-15-22(30-12-13-31-22)6-5-19(17)26(16-18)10-7-23/h17-19H,4-16H2,1-3H3,(H,24,29). The maximum atomic E-state index is 13.4. The van der Waals surface area contributed by atoms with Crippen LogP contribution in [-0.4, -0.2) is 105 Å². The van der Waals surface area contributed by atoms with Gasteiger partial charge in [-0.05, 0) is 39.3 Å². The SMILES string of the molecule is CCCN(C(=O)NCCN(C)C)C(=O)C1CC2CC3(CCC2N(CCF)C1)OCCO3. The minimum Gasteiger partial charge on any atom is -0.348 e. The first-order valence-electron chi connectivity index (χ1n) is 11.7. The highest BCUT2D eigenvalue weighted by atomic mass is 19.1. The number of imide groups is 1. The number of carbonyl (C=O) groups excluding carboxylic acids is 2. The van der Waals surface area contributed by atoms with E-state index in [4.69, 9.17) is 9.47 Å². The second kappa shape index (κ2) is 11.0. The van der Waals surface area contributed by atoms with Crippen molar-refractivity contribution in [3.63, 3.8) is 0 Å². The number of hydrogen-bond donors (Lipinski definition) is 1. The zero-order valence-electron chi connectivity index (χ0n) is 19.3. The molecule has 0 radical (unpaired) electrons. The lowest BCUT2D eigenvalue weighted by molar-refractivity contribution is -0.204. The zero-order chi connectivity index (χ0) is 22.4. The van der Waals surface area contributed by atoms with E-state index in [0.29, 0.717) is 58.8 Å². The zero-order valence-corrected chi connectivity index (χ0v) is 19.3. The summed E-state index contributed by atoms with van der Waals surface area (Å²) in [5.74, 6) is -0.823. The van der Waals surface area contributed by atoms with Gasteiger partial charge in [0.1, 0.15) is 6.67 Å². The molecule has 1 aliphatic carbocycles. The molecule has 0 aromatic heterocycles. The summed E-state index contributed by atoms with van der Waals surface area (Å²) in [5, 5.41) is 2.86. The molecule has 8 nitrogen and oxygen atoms in total. The first kappa shape index (κ1) is 24.4. The predicted molar refractivity (Wildman–Crippen MR) is 115 cm³/mol. The number of amides is 3. The summed E-state index contributed by atoms with van der Waals surface area (Å²) in [5.41, 5.74) is 0. The quantitative estimate of drug-likeness (QED) is 0.617. The van der Waals surface area contributed by atoms with Crippen LogP contribution in [-0.2, 0) is 14.3 Å². The number of carbonyl (C=O) groups is 2. The first-order valence-corrected chi connectivity index (χ1v) is 11.7. The van der Waals surface area contributed by atoms with E-state index in [-0.39, 0.29) is 29.8 Å². The minimum absolute atomic E-state index is 0.153. The highest BCUT2D eigenvalue weighted by molar-refractivity contribution is 5.95. The van der Waals surface area contributed by atoms with Crippen LogP contribution in [0.5, 0.6) is 0 Å². The van der Waals surface area contributed by atoms with Crippen LogP contribution in [0.1, 0.15) is 39.0 Å². The van der Waals surface area contributed by atoms with Gasteiger partial charge in [0.25, 0.3) is 0 Å². The second-order valence-corrected chi connectivity index (χ2v) is 9.32. The molecule has 0 bridgehead atoms. The molecular formula is C22H39FN4O4. The van der Waals surface area contributed by atoms with E-state index in [2.05, 4.69) is 10.2 Å². The third-order valence-electron chi connectivity index (χ3n) is 6.78. The topological polar surface area (TPSA) is 74.4 Å². The number of likely N-dealkylation sites (tertiary alicyclic amines) is 1. The van der Waals surface area contributed by atoms with Crippen LogP contribution in [0.2, 0.25) is 0 Å². The highest BCUT2D eigenvalue weighted by Gasteiger charge is 2.50. The molecule has 1 N–H and O–H groups in total. The van der Waals surface area contributed by atoms with E-state index < -0.39 is 12.5 Å². The van der Waals surface area contributed by atoms with Crippen molar-refractivity contribution in [3.05, 3.63) is 0 Å². The summed E-state index contributed by atoms with van der Waals surface area (Å²) >= 11 is 0. The molecule has 0 aromatic carbocycles. The molecule has 3 amide bonds. The van der Waals surface area contributed by atoms with Gasteiger partial charge in [0.05, 0.1) is 19.1 Å². The number of halogens is 1. The van der Waals surface area contributed by atoms with Crippen molar-refractivity contribution < 1.29 is 23.5 Å². The molecule has 178 valence electrons. The van der Waals surface area contributed by atoms with Gasteiger partial charge < -0.3 is 19.7 Å². The Morgan fingerprint density at radius 3 is 2.61 bits per heavy atom. The summed E-state index contributed by atoms with van der Waals surface area (Å²) in [6.07, 6.45) is 3.81. The maximum Gasteiger partial charge on any atom is 0.324 e. The van der Waals surface area contributed by atoms with Crippen LogP contribution in [0.15, 0.2) is 0 Å². The smallest absolute Gasteiger partial charge is 0.324 e. The summed E-state index contributed by atoms with van der Waals surface area (Å²) < 4.78 is 25.2. The van der Waals surface area contributed by atoms with Crippen molar-refractivity contribution >= 4 is 11.9 Å². The van der Waals surface area contributed by atoms with E-state index >= 15 is 0 Å². The monoisotopic (exact) mass is 442 g/mol. The Kier molecular flexibility index (Phi) is 8.66. The number of alkyl halides is 1. The molecule has 3 fully saturated rings. The predicted octanol–water partition coefficient (Wildman–Crippen LogP) is 1.70. The fourth-order valence-electron chi connectivity index (χ4n) is 5.36. The van der Waals surface area contributed by atoms with Gasteiger partial charge in [0.15, 0.2) is 5.79 Å². The lowest BCUT2D eigenvalue weighted by Gasteiger charge is -2.50. The number of urea groups is 1. The van der Waals surface area contributed by atoms with E-state index in [1.165, 1.54) is 4.90 Å². The number of likely N-dealkylation sites (N-methyl/N-ethyl adjacent to an activating group) is 1. The largest absolute Gasteiger partial charge is 0.348 e. The van der Waals surface area contributed by atoms with E-state index in [1.54, 1.807) is 0 Å². The molecule has 3 atom stereocenters. The Morgan fingerprint density at radius 1 is 1.23 bits per heavy atom. The number of nitrogens with zero attached hydrogens (tertiary/aromatic N) is 3. The summed E-state index contributed by atoms with van der Waals surface area (Å²) in [4.78, 5) is 31.6. The third kappa shape index (κ3) is 5.94. The van der Waals surface area contributed by atoms with Crippen LogP contribution in [0.4, 0.5) is 9.18 Å². The van der Waals surface area contributed by atoms with Crippen LogP contribution >= 0.6 is 0 Å². The second-order valence-electron chi connectivity index (χ2n) is 9.32. The summed E-state index contributed by atoms with van der Waals surface area (Å²) in [7, 11) is 3.88. The van der Waals surface area contributed by atoms with Crippen molar-refractivity contribution in [3.8, 4) is 0 Å². The van der Waals surface area contributed by atoms with Crippen molar-refractivity contribution in [1.82, 2.24) is 20.0 Å². The molecule has 2 heterocycles. The molecule has 2 saturated heterocycles. The molecule has 3 unspecified atom stereocenters. The number of fused-ring (bicyclic) bond motifs is 1. The van der Waals surface area contributed by atoms with Crippen LogP contribution in [0.25, 0.3) is 0 Å². The Morgan fingerprint density at radius 2 is 1.97 bits per heavy atom. The Hall–Kier alpha value is -1.29. The molecule has 31 heavy (non-hydrogen) atoms. The van der Waals surface area contributed by atoms with Gasteiger partial charge in [0, 0.05) is 51.6 Å². The average molecular weight is 443 g/mol. The fraction of sp³-hybridized carbons (Fsp3) is 0.909. The van der Waals surface area contributed by atoms with Crippen molar-refractivity contribution in [2.45, 2.75) is 50.9 Å². The van der Waals surface area contributed by atoms with Gasteiger partial charge in [-0.3, -0.25) is 14.6 Å². The number of ether oxygens (including phenoxy) is 2. The fourth-order valence-corrected chi connectivity index (χ4v) is 5.36. The van der Waals surface area contributed by atoms with Gasteiger partial charge in [-0.2, -0.15) is 0 Å². The molecule has 1 saturated carbocycles. The van der Waals surface area contributed by atoms with Gasteiger partial charge >= 0.3 is 6.03 Å². The van der Waals surface area contributed by atoms with E-state index in [1.807, 2.05) is 25.9 Å². The Labute approximate surface area is 185 Å². The number of nitrogens with one attached hydrogen (secondary N) is 1. The first-order chi connectivity index (χ1) is 14.9. The number of piperidine rings is 1. The molecule has 3 rings (SSSR count). The Balaban J connectivity index is 1.69. The van der Waals surface area contributed by atoms with E-state index in [0.717, 1.165) is 19.3 Å². The van der Waals surface area contributed by atoms with Crippen molar-refractivity contribution in [2.24, 2.45) is 11.8 Å². The molecule has 0 aromatic rings. The van der Waals surface area contributed by atoms with Crippen LogP contribution in [0, 0.1) is 11.8 Å². The molecular weight excluding hydrogens is 403 g/mol. The maximum absolute atomic E-state index is 13.4. The van der Waals surface area contributed by atoms with Crippen LogP contribution in [0.3, 0.4) is 0 Å². The van der Waals surface area contributed by atoms with Gasteiger partial charge in [-0.25, -0.2) is 9.18 Å². The van der Waals surface area contributed by atoms with Crippen LogP contribution < -0.4 is 5.32 Å². The van der Waals surface area contributed by atoms with Gasteiger partial charge in [0.2, 0.25) is 5.91 Å². The third-order valence-corrected chi connectivity index (χ3v) is 6.78. The normalized spacial score (nSPS) is 28.0. The molecule has 2 aliphatic heterocycles. The summed E-state index contributed by atoms with van der Waals surface area (Å²) in [6, 6.07) is -0.0952. The number of rotatable bonds is 8. The van der Waals surface area contributed by atoms with Crippen molar-refractivity contribution in [1.29, 1.82) is 0 Å². The van der Waals surface area contributed by atoms with Crippen molar-refractivity contribution in [2.75, 3.05) is 66.7 Å².